The van der Waals surface area contributed by atoms with E-state index in [1.165, 1.54) is 18.1 Å². The molecule has 0 saturated heterocycles. The first-order valence-corrected chi connectivity index (χ1v) is 11.3. The second kappa shape index (κ2) is 9.29. The maximum atomic E-state index is 11.4. The molecule has 0 fully saturated rings. The van der Waals surface area contributed by atoms with Gasteiger partial charge in [0.1, 0.15) is 11.4 Å². The summed E-state index contributed by atoms with van der Waals surface area (Å²) in [6, 6.07) is 28.1. The zero-order valence-corrected chi connectivity index (χ0v) is 18.6. The maximum absolute atomic E-state index is 11.4. The summed E-state index contributed by atoms with van der Waals surface area (Å²) in [4.78, 5) is 16.3. The topological polar surface area (TPSA) is 52.3 Å². The molecule has 1 aliphatic carbocycles. The lowest BCUT2D eigenvalue weighted by Crippen LogP contribution is -2.01. The molecular formula is C29H25NO3. The van der Waals surface area contributed by atoms with Crippen molar-refractivity contribution < 1.29 is 13.9 Å². The van der Waals surface area contributed by atoms with Crippen LogP contribution in [0.4, 0.5) is 0 Å². The fourth-order valence-corrected chi connectivity index (χ4v) is 4.46. The maximum Gasteiger partial charge on any atom is 0.308 e. The van der Waals surface area contributed by atoms with E-state index in [1.54, 1.807) is 0 Å². The number of rotatable bonds is 6. The molecule has 164 valence electrons. The summed E-state index contributed by atoms with van der Waals surface area (Å²) >= 11 is 0. The average Bonchev–Trinajstić information content (AvgIpc) is 3.47. The van der Waals surface area contributed by atoms with Gasteiger partial charge in [-0.15, -0.1) is 0 Å². The highest BCUT2D eigenvalue weighted by Crippen LogP contribution is 2.38. The number of allylic oxidation sites excluding steroid dienone is 2. The van der Waals surface area contributed by atoms with Crippen LogP contribution in [0.3, 0.4) is 0 Å². The van der Waals surface area contributed by atoms with Crippen LogP contribution in [0.5, 0.6) is 5.75 Å². The molecule has 4 aromatic rings. The van der Waals surface area contributed by atoms with Crippen LogP contribution in [0.25, 0.3) is 28.2 Å². The summed E-state index contributed by atoms with van der Waals surface area (Å²) in [7, 11) is 0. The van der Waals surface area contributed by atoms with Gasteiger partial charge in [0.05, 0.1) is 0 Å². The monoisotopic (exact) mass is 435 g/mol. The predicted octanol–water partition coefficient (Wildman–Crippen LogP) is 7.11. The van der Waals surface area contributed by atoms with E-state index < -0.39 is 0 Å². The molecule has 1 aliphatic rings. The molecule has 0 radical (unpaired) electrons. The molecule has 0 N–H and O–H groups in total. The number of oxazole rings is 1. The molecule has 0 unspecified atom stereocenters. The summed E-state index contributed by atoms with van der Waals surface area (Å²) in [5, 5.41) is 0. The van der Waals surface area contributed by atoms with Gasteiger partial charge in [-0.3, -0.25) is 4.79 Å². The molecule has 0 bridgehead atoms. The van der Waals surface area contributed by atoms with Gasteiger partial charge in [-0.05, 0) is 42.5 Å². The average molecular weight is 436 g/mol. The van der Waals surface area contributed by atoms with Gasteiger partial charge in [0.25, 0.3) is 0 Å². The first-order chi connectivity index (χ1) is 16.2. The Bertz CT molecular complexity index is 1250. The molecule has 5 rings (SSSR count). The van der Waals surface area contributed by atoms with Crippen LogP contribution >= 0.6 is 0 Å². The van der Waals surface area contributed by atoms with Crippen LogP contribution < -0.4 is 4.74 Å². The minimum atomic E-state index is -0.311. The van der Waals surface area contributed by atoms with E-state index in [0.29, 0.717) is 12.2 Å². The van der Waals surface area contributed by atoms with Crippen molar-refractivity contribution in [3.05, 3.63) is 102 Å². The summed E-state index contributed by atoms with van der Waals surface area (Å²) in [6.45, 7) is 1.42. The lowest BCUT2D eigenvalue weighted by Gasteiger charge is -2.09. The standard InChI is InChI=1S/C29H25NO3/c1-20(31)32-25-16-8-14-23(18-25)26-17-9-15-24(26)19-27-30-28(21-10-4-2-5-11-21)29(33-27)22-12-6-3-7-13-22/h2-8,10-14,16,18H,9,15,17,19H2,1H3. The number of hydrogen-bond donors (Lipinski definition) is 0. The minimum Gasteiger partial charge on any atom is -0.440 e. The van der Waals surface area contributed by atoms with E-state index in [2.05, 4.69) is 30.3 Å². The number of carbonyl (C=O) groups excluding carboxylic acids is 1. The van der Waals surface area contributed by atoms with Crippen LogP contribution in [0.1, 0.15) is 37.6 Å². The van der Waals surface area contributed by atoms with Crippen LogP contribution in [-0.2, 0) is 11.2 Å². The lowest BCUT2D eigenvalue weighted by atomic mass is 10.00. The number of nitrogens with zero attached hydrogens (tertiary/aromatic N) is 1. The number of hydrogen-bond acceptors (Lipinski definition) is 4. The molecule has 0 spiro atoms. The summed E-state index contributed by atoms with van der Waals surface area (Å²) < 4.78 is 11.7. The van der Waals surface area contributed by atoms with Crippen molar-refractivity contribution in [2.45, 2.75) is 32.6 Å². The van der Waals surface area contributed by atoms with Gasteiger partial charge in [-0.25, -0.2) is 4.98 Å². The fourth-order valence-electron chi connectivity index (χ4n) is 4.46. The minimum absolute atomic E-state index is 0.311. The van der Waals surface area contributed by atoms with Gasteiger partial charge in [0.15, 0.2) is 11.7 Å². The van der Waals surface area contributed by atoms with E-state index >= 15 is 0 Å². The van der Waals surface area contributed by atoms with Gasteiger partial charge < -0.3 is 9.15 Å². The van der Waals surface area contributed by atoms with Crippen molar-refractivity contribution in [1.29, 1.82) is 0 Å². The smallest absolute Gasteiger partial charge is 0.308 e. The molecule has 0 aliphatic heterocycles. The van der Waals surface area contributed by atoms with E-state index in [0.717, 1.165) is 53.3 Å². The van der Waals surface area contributed by atoms with Crippen LogP contribution in [-0.4, -0.2) is 11.0 Å². The second-order valence-electron chi connectivity index (χ2n) is 8.25. The van der Waals surface area contributed by atoms with E-state index in [4.69, 9.17) is 14.1 Å². The molecular weight excluding hydrogens is 410 g/mol. The normalized spacial score (nSPS) is 13.4. The molecule has 1 heterocycles. The van der Waals surface area contributed by atoms with Crippen molar-refractivity contribution in [1.82, 2.24) is 4.98 Å². The van der Waals surface area contributed by atoms with Crippen molar-refractivity contribution >= 4 is 11.5 Å². The summed E-state index contributed by atoms with van der Waals surface area (Å²) in [6.07, 6.45) is 3.77. The molecule has 33 heavy (non-hydrogen) atoms. The highest BCUT2D eigenvalue weighted by molar-refractivity contribution is 5.77. The number of carbonyl (C=O) groups is 1. The number of benzene rings is 3. The van der Waals surface area contributed by atoms with Crippen LogP contribution in [0.15, 0.2) is 94.9 Å². The lowest BCUT2D eigenvalue weighted by molar-refractivity contribution is -0.131. The van der Waals surface area contributed by atoms with Gasteiger partial charge in [0, 0.05) is 24.5 Å². The fraction of sp³-hybridized carbons (Fsp3) is 0.172. The number of aromatic nitrogens is 1. The van der Waals surface area contributed by atoms with Crippen molar-refractivity contribution in [2.75, 3.05) is 0 Å². The Balaban J connectivity index is 1.51. The van der Waals surface area contributed by atoms with Gasteiger partial charge in [0.2, 0.25) is 0 Å². The Labute approximate surface area is 193 Å². The summed E-state index contributed by atoms with van der Waals surface area (Å²) in [5.74, 6) is 1.79. The van der Waals surface area contributed by atoms with Gasteiger partial charge in [-0.1, -0.05) is 78.4 Å². The highest BCUT2D eigenvalue weighted by atomic mass is 16.5. The third-order valence-electron chi connectivity index (χ3n) is 5.90. The van der Waals surface area contributed by atoms with Crippen LogP contribution in [0, 0.1) is 0 Å². The van der Waals surface area contributed by atoms with Crippen molar-refractivity contribution in [3.63, 3.8) is 0 Å². The summed E-state index contributed by atoms with van der Waals surface area (Å²) in [5.41, 5.74) is 6.65. The van der Waals surface area contributed by atoms with E-state index in [1.807, 2.05) is 54.6 Å². The molecule has 0 atom stereocenters. The number of esters is 1. The van der Waals surface area contributed by atoms with Gasteiger partial charge >= 0.3 is 5.97 Å². The first-order valence-electron chi connectivity index (χ1n) is 11.3. The molecule has 0 amide bonds. The second-order valence-corrected chi connectivity index (χ2v) is 8.25. The molecule has 3 aromatic carbocycles. The molecule has 4 nitrogen and oxygen atoms in total. The SMILES string of the molecule is CC(=O)Oc1cccc(C2=C(Cc3nc(-c4ccccc4)c(-c4ccccc4)o3)CCC2)c1. The van der Waals surface area contributed by atoms with Crippen LogP contribution in [0.2, 0.25) is 0 Å². The zero-order chi connectivity index (χ0) is 22.6. The third kappa shape index (κ3) is 4.65. The Morgan fingerprint density at radius 2 is 1.58 bits per heavy atom. The van der Waals surface area contributed by atoms with E-state index in [-0.39, 0.29) is 5.97 Å². The van der Waals surface area contributed by atoms with Crippen molar-refractivity contribution in [3.8, 4) is 28.3 Å². The largest absolute Gasteiger partial charge is 0.440 e. The first kappa shape index (κ1) is 21.0. The molecule has 0 saturated carbocycles. The Morgan fingerprint density at radius 1 is 0.879 bits per heavy atom. The quantitative estimate of drug-likeness (QED) is 0.239. The Morgan fingerprint density at radius 3 is 2.30 bits per heavy atom. The Hall–Kier alpha value is -3.92. The Kier molecular flexibility index (Phi) is 5.90. The highest BCUT2D eigenvalue weighted by Gasteiger charge is 2.22. The molecule has 4 heteroatoms. The van der Waals surface area contributed by atoms with E-state index in [9.17, 15) is 4.79 Å². The predicted molar refractivity (Wildman–Crippen MR) is 130 cm³/mol. The number of ether oxygens (including phenoxy) is 1. The van der Waals surface area contributed by atoms with Crippen molar-refractivity contribution in [2.24, 2.45) is 0 Å². The zero-order valence-electron chi connectivity index (χ0n) is 18.6. The van der Waals surface area contributed by atoms with Gasteiger partial charge in [-0.2, -0.15) is 0 Å². The third-order valence-corrected chi connectivity index (χ3v) is 5.90. The molecule has 1 aromatic heterocycles.